The molecule has 1 unspecified atom stereocenters. The summed E-state index contributed by atoms with van der Waals surface area (Å²) in [5, 5.41) is 9.19. The fourth-order valence-electron chi connectivity index (χ4n) is 4.83. The molecule has 1 N–H and O–H groups in total. The Balaban J connectivity index is 1.27. The molecule has 0 bridgehead atoms. The molecular weight excluding hydrogens is 502 g/mol. The number of carbonyl (C=O) groups is 1. The molecule has 2 heterocycles. The van der Waals surface area contributed by atoms with Gasteiger partial charge in [0.1, 0.15) is 30.5 Å². The monoisotopic (exact) mass is 527 g/mol. The van der Waals surface area contributed by atoms with E-state index < -0.39 is 23.5 Å². The number of nitrogens with zero attached hydrogens (tertiary/aromatic N) is 1. The van der Waals surface area contributed by atoms with Crippen LogP contribution in [0.25, 0.3) is 17.2 Å². The number of carboxylic acids is 1. The molecule has 2 aliphatic rings. The highest BCUT2D eigenvalue weighted by Crippen LogP contribution is 2.40. The number of alkyl halides is 3. The van der Waals surface area contributed by atoms with E-state index in [4.69, 9.17) is 9.47 Å². The minimum atomic E-state index is -4.69. The zero-order valence-electron chi connectivity index (χ0n) is 20.3. The molecule has 38 heavy (non-hydrogen) atoms. The summed E-state index contributed by atoms with van der Waals surface area (Å²) in [5.41, 5.74) is 1.28. The third kappa shape index (κ3) is 5.67. The fraction of sp³-hybridized carbons (Fsp3) is 0.276. The quantitative estimate of drug-likeness (QED) is 0.367. The van der Waals surface area contributed by atoms with Gasteiger partial charge in [-0.25, -0.2) is 4.39 Å². The second-order valence-corrected chi connectivity index (χ2v) is 9.50. The van der Waals surface area contributed by atoms with Gasteiger partial charge in [0, 0.05) is 24.2 Å². The fourth-order valence-corrected chi connectivity index (χ4v) is 4.83. The Morgan fingerprint density at radius 3 is 2.63 bits per heavy atom. The number of aliphatic carboxylic acids is 1. The van der Waals surface area contributed by atoms with Gasteiger partial charge >= 0.3 is 12.1 Å². The summed E-state index contributed by atoms with van der Waals surface area (Å²) in [5.74, 6) is -1.17. The van der Waals surface area contributed by atoms with Gasteiger partial charge in [-0.15, -0.1) is 0 Å². The molecule has 0 amide bonds. The van der Waals surface area contributed by atoms with E-state index in [-0.39, 0.29) is 29.4 Å². The molecule has 5 nitrogen and oxygen atoms in total. The zero-order valence-corrected chi connectivity index (χ0v) is 20.3. The van der Waals surface area contributed by atoms with Crippen molar-refractivity contribution in [2.75, 3.05) is 26.2 Å². The van der Waals surface area contributed by atoms with E-state index in [0.717, 1.165) is 35.4 Å². The molecule has 0 aliphatic carbocycles. The van der Waals surface area contributed by atoms with Crippen LogP contribution in [0.1, 0.15) is 23.1 Å². The maximum absolute atomic E-state index is 14.2. The van der Waals surface area contributed by atoms with Crippen molar-refractivity contribution in [3.63, 3.8) is 0 Å². The Kier molecular flexibility index (Phi) is 7.12. The van der Waals surface area contributed by atoms with E-state index >= 15 is 0 Å². The predicted octanol–water partition coefficient (Wildman–Crippen LogP) is 6.27. The Hall–Kier alpha value is -3.85. The molecule has 0 spiro atoms. The smallest absolute Gasteiger partial charge is 0.417 e. The largest absolute Gasteiger partial charge is 0.489 e. The number of rotatable bonds is 7. The van der Waals surface area contributed by atoms with Crippen LogP contribution in [0.15, 0.2) is 66.2 Å². The minimum Gasteiger partial charge on any atom is -0.489 e. The van der Waals surface area contributed by atoms with Gasteiger partial charge in [-0.1, -0.05) is 30.3 Å². The average Bonchev–Trinajstić information content (AvgIpc) is 3.36. The molecule has 3 aromatic carbocycles. The number of hydrogen-bond donors (Lipinski definition) is 1. The highest BCUT2D eigenvalue weighted by atomic mass is 19.4. The third-order valence-corrected chi connectivity index (χ3v) is 6.76. The maximum atomic E-state index is 14.2. The number of likely N-dealkylation sites (tertiary alicyclic amines) is 1. The molecule has 5 rings (SSSR count). The van der Waals surface area contributed by atoms with E-state index in [2.05, 4.69) is 4.90 Å². The molecule has 0 radical (unpaired) electrons. The standard InChI is InChI=1S/C29H25F4NO4/c30-26-4-2-1-3-24(26)23-8-7-22(13-25(23)29(31,32)33)37-16-18-5-6-20-11-19(17-38-27(20)12-18)14-34-10-9-21(15-34)28(35)36/h1-8,11-13,21H,9-10,14-17H2,(H,35,36). The van der Waals surface area contributed by atoms with Gasteiger partial charge in [-0.05, 0) is 66.1 Å². The molecule has 0 aromatic heterocycles. The number of benzene rings is 3. The van der Waals surface area contributed by atoms with Crippen LogP contribution in [0.5, 0.6) is 11.5 Å². The van der Waals surface area contributed by atoms with Crippen LogP contribution < -0.4 is 9.47 Å². The average molecular weight is 528 g/mol. The number of halogens is 4. The predicted molar refractivity (Wildman–Crippen MR) is 133 cm³/mol. The van der Waals surface area contributed by atoms with Gasteiger partial charge in [0.15, 0.2) is 0 Å². The summed E-state index contributed by atoms with van der Waals surface area (Å²) >= 11 is 0. The summed E-state index contributed by atoms with van der Waals surface area (Å²) in [6.07, 6.45) is -2.03. The van der Waals surface area contributed by atoms with E-state index in [1.165, 1.54) is 30.3 Å². The van der Waals surface area contributed by atoms with Gasteiger partial charge in [-0.3, -0.25) is 9.69 Å². The van der Waals surface area contributed by atoms with Crippen molar-refractivity contribution >= 4 is 12.0 Å². The zero-order chi connectivity index (χ0) is 26.9. The van der Waals surface area contributed by atoms with E-state index in [1.54, 1.807) is 6.07 Å². The second-order valence-electron chi connectivity index (χ2n) is 9.50. The Labute approximate surface area is 216 Å². The summed E-state index contributed by atoms with van der Waals surface area (Å²) in [6, 6.07) is 14.3. The Morgan fingerprint density at radius 1 is 1.08 bits per heavy atom. The summed E-state index contributed by atoms with van der Waals surface area (Å²) < 4.78 is 67.1. The van der Waals surface area contributed by atoms with E-state index in [9.17, 15) is 27.5 Å². The lowest BCUT2D eigenvalue weighted by molar-refractivity contribution is -0.141. The molecule has 2 aliphatic heterocycles. The number of carboxylic acid groups (broad SMARTS) is 1. The lowest BCUT2D eigenvalue weighted by atomic mass is 9.98. The first-order valence-corrected chi connectivity index (χ1v) is 12.2. The van der Waals surface area contributed by atoms with Gasteiger partial charge in [0.25, 0.3) is 0 Å². The van der Waals surface area contributed by atoms with Crippen molar-refractivity contribution in [2.45, 2.75) is 19.2 Å². The first-order valence-electron chi connectivity index (χ1n) is 12.2. The topological polar surface area (TPSA) is 59.0 Å². The van der Waals surface area contributed by atoms with Crippen molar-refractivity contribution in [1.29, 1.82) is 0 Å². The van der Waals surface area contributed by atoms with Crippen LogP contribution in [0, 0.1) is 11.7 Å². The maximum Gasteiger partial charge on any atom is 0.417 e. The number of hydrogen-bond acceptors (Lipinski definition) is 4. The normalized spacial score (nSPS) is 17.5. The lowest BCUT2D eigenvalue weighted by Gasteiger charge is -2.23. The summed E-state index contributed by atoms with van der Waals surface area (Å²) in [7, 11) is 0. The first-order chi connectivity index (χ1) is 18.2. The van der Waals surface area contributed by atoms with Gasteiger partial charge < -0.3 is 14.6 Å². The van der Waals surface area contributed by atoms with Crippen molar-refractivity contribution in [3.8, 4) is 22.6 Å². The molecule has 198 valence electrons. The molecule has 9 heteroatoms. The lowest BCUT2D eigenvalue weighted by Crippen LogP contribution is -2.27. The van der Waals surface area contributed by atoms with Crippen molar-refractivity contribution in [1.82, 2.24) is 4.90 Å². The molecule has 1 saturated heterocycles. The second kappa shape index (κ2) is 10.5. The van der Waals surface area contributed by atoms with Gasteiger partial charge in [0.2, 0.25) is 0 Å². The van der Waals surface area contributed by atoms with E-state index in [0.29, 0.717) is 31.9 Å². The van der Waals surface area contributed by atoms with Crippen LogP contribution in [0.3, 0.4) is 0 Å². The van der Waals surface area contributed by atoms with Crippen LogP contribution in [0.4, 0.5) is 17.6 Å². The molecule has 0 saturated carbocycles. The highest BCUT2D eigenvalue weighted by Gasteiger charge is 2.35. The van der Waals surface area contributed by atoms with Crippen molar-refractivity contribution < 1.29 is 36.9 Å². The van der Waals surface area contributed by atoms with Gasteiger partial charge in [0.05, 0.1) is 11.5 Å². The molecular formula is C29H25F4NO4. The van der Waals surface area contributed by atoms with Crippen molar-refractivity contribution in [3.05, 3.63) is 88.7 Å². The molecule has 1 atom stereocenters. The molecule has 1 fully saturated rings. The molecule has 3 aromatic rings. The minimum absolute atomic E-state index is 0.0171. The van der Waals surface area contributed by atoms with Gasteiger partial charge in [-0.2, -0.15) is 13.2 Å². The van der Waals surface area contributed by atoms with Crippen LogP contribution in [-0.4, -0.2) is 42.2 Å². The van der Waals surface area contributed by atoms with Crippen LogP contribution >= 0.6 is 0 Å². The Morgan fingerprint density at radius 2 is 1.89 bits per heavy atom. The Bertz CT molecular complexity index is 1390. The van der Waals surface area contributed by atoms with Crippen LogP contribution in [0.2, 0.25) is 0 Å². The highest BCUT2D eigenvalue weighted by molar-refractivity contribution is 5.71. The van der Waals surface area contributed by atoms with E-state index in [1.807, 2.05) is 18.2 Å². The first kappa shape index (κ1) is 25.8. The summed E-state index contributed by atoms with van der Waals surface area (Å²) in [6.45, 7) is 2.28. The number of fused-ring (bicyclic) bond motifs is 1. The third-order valence-electron chi connectivity index (χ3n) is 6.76. The van der Waals surface area contributed by atoms with Crippen LogP contribution in [-0.2, 0) is 17.6 Å². The SMILES string of the molecule is O=C(O)C1CCN(CC2=Cc3ccc(COc4ccc(-c5ccccc5F)c(C(F)(F)F)c4)cc3OC2)C1. The summed E-state index contributed by atoms with van der Waals surface area (Å²) in [4.78, 5) is 13.3. The number of ether oxygens (including phenoxy) is 2. The van der Waals surface area contributed by atoms with Crippen molar-refractivity contribution in [2.24, 2.45) is 5.92 Å².